The van der Waals surface area contributed by atoms with Crippen molar-refractivity contribution in [2.24, 2.45) is 5.92 Å². The van der Waals surface area contributed by atoms with Gasteiger partial charge in [0.1, 0.15) is 5.82 Å². The molecule has 1 unspecified atom stereocenters. The third-order valence-electron chi connectivity index (χ3n) is 3.93. The van der Waals surface area contributed by atoms with Crippen LogP contribution in [0.5, 0.6) is 0 Å². The largest absolute Gasteiger partial charge is 0.396 e. The van der Waals surface area contributed by atoms with Gasteiger partial charge in [0.2, 0.25) is 0 Å². The first-order valence-corrected chi connectivity index (χ1v) is 6.62. The summed E-state index contributed by atoms with van der Waals surface area (Å²) in [5.41, 5.74) is 0. The maximum Gasteiger partial charge on any atom is 0.154 e. The molecule has 3 heterocycles. The zero-order valence-corrected chi connectivity index (χ0v) is 10.1. The minimum absolute atomic E-state index is 0.266. The van der Waals surface area contributed by atoms with Gasteiger partial charge in [-0.25, -0.2) is 9.67 Å². The van der Waals surface area contributed by atoms with E-state index in [2.05, 4.69) is 15.4 Å². The molecule has 2 aliphatic heterocycles. The molecule has 0 spiro atoms. The number of fused-ring (bicyclic) bond motifs is 1. The van der Waals surface area contributed by atoms with E-state index in [0.717, 1.165) is 57.0 Å². The van der Waals surface area contributed by atoms with Crippen molar-refractivity contribution < 1.29 is 5.11 Å². The van der Waals surface area contributed by atoms with Crippen LogP contribution in [0.25, 0.3) is 0 Å². The first-order valence-electron chi connectivity index (χ1n) is 6.62. The highest BCUT2D eigenvalue weighted by Gasteiger charge is 2.25. The molecule has 17 heavy (non-hydrogen) atoms. The van der Waals surface area contributed by atoms with E-state index in [1.54, 1.807) is 0 Å². The Morgan fingerprint density at radius 2 is 2.12 bits per heavy atom. The van der Waals surface area contributed by atoms with Gasteiger partial charge in [-0.15, -0.1) is 0 Å². The topological polar surface area (TPSA) is 63.0 Å². The molecule has 5 nitrogen and oxygen atoms in total. The van der Waals surface area contributed by atoms with Gasteiger partial charge in [-0.3, -0.25) is 0 Å². The second-order valence-electron chi connectivity index (χ2n) is 5.18. The molecule has 0 aromatic carbocycles. The van der Waals surface area contributed by atoms with Crippen molar-refractivity contribution in [2.75, 3.05) is 19.7 Å². The minimum Gasteiger partial charge on any atom is -0.396 e. The van der Waals surface area contributed by atoms with Crippen LogP contribution in [0.15, 0.2) is 0 Å². The Hall–Kier alpha value is -0.940. The molecule has 0 amide bonds. The van der Waals surface area contributed by atoms with Crippen molar-refractivity contribution in [1.29, 1.82) is 0 Å². The van der Waals surface area contributed by atoms with Gasteiger partial charge in [0.25, 0.3) is 0 Å². The average molecular weight is 236 g/mol. The number of nitrogens with one attached hydrogen (secondary N) is 1. The molecule has 1 aromatic rings. The molecular weight excluding hydrogens is 216 g/mol. The fourth-order valence-electron chi connectivity index (χ4n) is 2.80. The second kappa shape index (κ2) is 4.74. The molecule has 2 aliphatic rings. The Morgan fingerprint density at radius 3 is 2.88 bits per heavy atom. The van der Waals surface area contributed by atoms with Gasteiger partial charge >= 0.3 is 0 Å². The van der Waals surface area contributed by atoms with E-state index in [9.17, 15) is 5.11 Å². The van der Waals surface area contributed by atoms with Crippen molar-refractivity contribution in [3.05, 3.63) is 11.6 Å². The third-order valence-corrected chi connectivity index (χ3v) is 3.93. The fourth-order valence-corrected chi connectivity index (χ4v) is 2.80. The van der Waals surface area contributed by atoms with Crippen molar-refractivity contribution in [3.63, 3.8) is 0 Å². The van der Waals surface area contributed by atoms with Crippen LogP contribution >= 0.6 is 0 Å². The number of nitrogens with zero attached hydrogens (tertiary/aromatic N) is 3. The summed E-state index contributed by atoms with van der Waals surface area (Å²) in [6.07, 6.45) is 4.30. The summed E-state index contributed by atoms with van der Waals surface area (Å²) in [5, 5.41) is 17.2. The summed E-state index contributed by atoms with van der Waals surface area (Å²) < 4.78 is 2.02. The van der Waals surface area contributed by atoms with Gasteiger partial charge < -0.3 is 10.4 Å². The van der Waals surface area contributed by atoms with Gasteiger partial charge in [-0.2, -0.15) is 5.10 Å². The lowest BCUT2D eigenvalue weighted by molar-refractivity contribution is 0.185. The maximum atomic E-state index is 9.20. The highest BCUT2D eigenvalue weighted by Crippen LogP contribution is 2.25. The van der Waals surface area contributed by atoms with E-state index in [1.165, 1.54) is 0 Å². The van der Waals surface area contributed by atoms with Gasteiger partial charge in [0.05, 0.1) is 0 Å². The van der Waals surface area contributed by atoms with E-state index in [-0.39, 0.29) is 6.61 Å². The van der Waals surface area contributed by atoms with Crippen LogP contribution in [0.4, 0.5) is 0 Å². The predicted molar refractivity (Wildman–Crippen MR) is 63.8 cm³/mol. The van der Waals surface area contributed by atoms with Crippen molar-refractivity contribution in [2.45, 2.75) is 38.1 Å². The van der Waals surface area contributed by atoms with Crippen LogP contribution in [-0.4, -0.2) is 39.6 Å². The van der Waals surface area contributed by atoms with Crippen LogP contribution in [0, 0.1) is 5.92 Å². The van der Waals surface area contributed by atoms with Crippen molar-refractivity contribution in [1.82, 2.24) is 20.1 Å². The number of hydrogen-bond donors (Lipinski definition) is 2. The molecule has 1 fully saturated rings. The van der Waals surface area contributed by atoms with Gasteiger partial charge in [0, 0.05) is 31.4 Å². The molecule has 1 saturated heterocycles. The number of hydrogen-bond acceptors (Lipinski definition) is 4. The van der Waals surface area contributed by atoms with Crippen LogP contribution in [0.2, 0.25) is 0 Å². The Morgan fingerprint density at radius 1 is 1.29 bits per heavy atom. The molecule has 0 aliphatic carbocycles. The average Bonchev–Trinajstić information content (AvgIpc) is 2.82. The van der Waals surface area contributed by atoms with E-state index >= 15 is 0 Å². The number of rotatable bonds is 2. The lowest BCUT2D eigenvalue weighted by Crippen LogP contribution is -2.27. The van der Waals surface area contributed by atoms with Crippen LogP contribution in [0.1, 0.15) is 36.8 Å². The Kier molecular flexibility index (Phi) is 3.11. The molecule has 5 heteroatoms. The molecule has 0 bridgehead atoms. The summed E-state index contributed by atoms with van der Waals surface area (Å²) >= 11 is 0. The zero-order chi connectivity index (χ0) is 11.7. The third kappa shape index (κ3) is 2.21. The molecule has 3 rings (SSSR count). The minimum atomic E-state index is 0.266. The second-order valence-corrected chi connectivity index (χ2v) is 5.18. The first-order chi connectivity index (χ1) is 8.36. The lowest BCUT2D eigenvalue weighted by Gasteiger charge is -2.20. The summed E-state index contributed by atoms with van der Waals surface area (Å²) in [5.74, 6) is 3.04. The smallest absolute Gasteiger partial charge is 0.154 e. The van der Waals surface area contributed by atoms with Gasteiger partial charge in [0.15, 0.2) is 5.82 Å². The Balaban J connectivity index is 1.77. The molecule has 94 valence electrons. The number of aliphatic hydroxyl groups excluding tert-OH is 1. The van der Waals surface area contributed by atoms with Gasteiger partial charge in [-0.1, -0.05) is 0 Å². The van der Waals surface area contributed by atoms with Gasteiger partial charge in [-0.05, 0) is 32.4 Å². The van der Waals surface area contributed by atoms with Crippen molar-refractivity contribution in [3.8, 4) is 0 Å². The molecule has 0 radical (unpaired) electrons. The highest BCUT2D eigenvalue weighted by atomic mass is 16.3. The SMILES string of the molecule is OCC1CCc2nc(C3CCNCC3)nn2C1. The summed E-state index contributed by atoms with van der Waals surface area (Å²) in [6.45, 7) is 3.26. The maximum absolute atomic E-state index is 9.20. The Bertz CT molecular complexity index is 384. The standard InChI is InChI=1S/C12H20N4O/c17-8-9-1-2-11-14-12(15-16(11)7-9)10-3-5-13-6-4-10/h9-10,13,17H,1-8H2. The monoisotopic (exact) mass is 236 g/mol. The molecule has 2 N–H and O–H groups in total. The lowest BCUT2D eigenvalue weighted by atomic mass is 9.97. The number of aromatic nitrogens is 3. The predicted octanol–water partition coefficient (Wildman–Crippen LogP) is 0.300. The van der Waals surface area contributed by atoms with Crippen molar-refractivity contribution >= 4 is 0 Å². The number of aryl methyl sites for hydroxylation is 1. The van der Waals surface area contributed by atoms with E-state index in [1.807, 2.05) is 4.68 Å². The highest BCUT2D eigenvalue weighted by molar-refractivity contribution is 5.03. The number of piperidine rings is 1. The van der Waals surface area contributed by atoms with Crippen LogP contribution < -0.4 is 5.32 Å². The van der Waals surface area contributed by atoms with Crippen LogP contribution in [0.3, 0.4) is 0 Å². The normalized spacial score (nSPS) is 25.8. The molecule has 1 aromatic heterocycles. The van der Waals surface area contributed by atoms with E-state index in [4.69, 9.17) is 0 Å². The summed E-state index contributed by atoms with van der Waals surface area (Å²) in [7, 11) is 0. The summed E-state index contributed by atoms with van der Waals surface area (Å²) in [4.78, 5) is 4.69. The molecule has 0 saturated carbocycles. The number of aliphatic hydroxyl groups is 1. The van der Waals surface area contributed by atoms with Crippen LogP contribution in [-0.2, 0) is 13.0 Å². The quantitative estimate of drug-likeness (QED) is 0.775. The molecular formula is C12H20N4O. The summed E-state index contributed by atoms with van der Waals surface area (Å²) in [6, 6.07) is 0. The zero-order valence-electron chi connectivity index (χ0n) is 10.1. The fraction of sp³-hybridized carbons (Fsp3) is 0.833. The van der Waals surface area contributed by atoms with E-state index in [0.29, 0.717) is 11.8 Å². The first kappa shape index (κ1) is 11.2. The van der Waals surface area contributed by atoms with E-state index < -0.39 is 0 Å². The Labute approximate surface area is 101 Å². The molecule has 1 atom stereocenters.